The van der Waals surface area contributed by atoms with Crippen molar-refractivity contribution in [2.45, 2.75) is 31.0 Å². The van der Waals surface area contributed by atoms with Crippen LogP contribution in [0.4, 0.5) is 0 Å². The Morgan fingerprint density at radius 2 is 1.62 bits per heavy atom. The average molecular weight is 593 g/mol. The fraction of sp³-hybridized carbons (Fsp3) is 0.308. The molecule has 0 amide bonds. The predicted molar refractivity (Wildman–Crippen MR) is 149 cm³/mol. The zero-order chi connectivity index (χ0) is 28.3. The number of aromatic nitrogens is 5. The largest absolute Gasteiger partial charge is 0.494 e. The van der Waals surface area contributed by atoms with E-state index in [1.54, 1.807) is 60.3 Å². The summed E-state index contributed by atoms with van der Waals surface area (Å²) in [5, 5.41) is 8.34. The number of hydrogen-bond donors (Lipinski definition) is 0. The maximum absolute atomic E-state index is 13.8. The lowest BCUT2D eigenvalue weighted by molar-refractivity contribution is 0.0947. The van der Waals surface area contributed by atoms with Crippen molar-refractivity contribution in [3.63, 3.8) is 0 Å². The Bertz CT molecular complexity index is 1560. The Kier molecular flexibility index (Phi) is 8.75. The molecule has 0 spiro atoms. The van der Waals surface area contributed by atoms with Gasteiger partial charge in [0.25, 0.3) is 0 Å². The van der Waals surface area contributed by atoms with E-state index in [0.717, 1.165) is 5.56 Å². The molecule has 4 rings (SSSR count). The van der Waals surface area contributed by atoms with Crippen molar-refractivity contribution in [1.29, 1.82) is 0 Å². The Morgan fingerprint density at radius 3 is 2.18 bits per heavy atom. The summed E-state index contributed by atoms with van der Waals surface area (Å²) in [5.74, 6) is 0.998. The molecule has 0 aliphatic heterocycles. The summed E-state index contributed by atoms with van der Waals surface area (Å²) >= 11 is 12.6. The number of rotatable bonds is 10. The van der Waals surface area contributed by atoms with Crippen LogP contribution in [0.25, 0.3) is 17.1 Å². The van der Waals surface area contributed by atoms with E-state index in [-0.39, 0.29) is 17.5 Å². The molecule has 0 fully saturated rings. The molecule has 0 bridgehead atoms. The van der Waals surface area contributed by atoms with E-state index >= 15 is 0 Å². The van der Waals surface area contributed by atoms with Crippen LogP contribution in [0.3, 0.4) is 0 Å². The molecule has 0 saturated carbocycles. The van der Waals surface area contributed by atoms with Gasteiger partial charge in [-0.3, -0.25) is 4.57 Å². The van der Waals surface area contributed by atoms with Gasteiger partial charge in [0, 0.05) is 30.1 Å². The molecule has 0 aliphatic carbocycles. The van der Waals surface area contributed by atoms with Gasteiger partial charge in [-0.15, -0.1) is 10.2 Å². The summed E-state index contributed by atoms with van der Waals surface area (Å²) in [6.07, 6.45) is 2.32. The molecule has 13 heteroatoms. The monoisotopic (exact) mass is 591 g/mol. The first kappa shape index (κ1) is 28.8. The van der Waals surface area contributed by atoms with Crippen molar-refractivity contribution >= 4 is 33.0 Å². The van der Waals surface area contributed by atoms with Crippen LogP contribution in [-0.2, 0) is 20.3 Å². The Morgan fingerprint density at radius 1 is 0.974 bits per heavy atom. The SMILES string of the molecule is COc1cccc(OC)c1-n1c(CS(=O)(=O)[C@@H](C)[C@H](OC)c2ncc(C)cn2)nnc1-c1ccc(Cl)cc1Cl. The van der Waals surface area contributed by atoms with E-state index in [4.69, 9.17) is 37.4 Å². The molecule has 2 aromatic heterocycles. The number of hydrogen-bond acceptors (Lipinski definition) is 9. The van der Waals surface area contributed by atoms with Gasteiger partial charge in [-0.05, 0) is 49.7 Å². The molecule has 10 nitrogen and oxygen atoms in total. The smallest absolute Gasteiger partial charge is 0.170 e. The molecule has 39 heavy (non-hydrogen) atoms. The number of aryl methyl sites for hydroxylation is 1. The van der Waals surface area contributed by atoms with Crippen molar-refractivity contribution in [3.05, 3.63) is 76.0 Å². The molecule has 0 N–H and O–H groups in total. The predicted octanol–water partition coefficient (Wildman–Crippen LogP) is 5.05. The lowest BCUT2D eigenvalue weighted by Crippen LogP contribution is -2.30. The van der Waals surface area contributed by atoms with E-state index in [9.17, 15) is 8.42 Å². The highest BCUT2D eigenvalue weighted by Crippen LogP contribution is 2.39. The van der Waals surface area contributed by atoms with Crippen molar-refractivity contribution in [2.24, 2.45) is 0 Å². The third-order valence-corrected chi connectivity index (χ3v) is 8.75. The number of ether oxygens (including phenoxy) is 3. The standard InChI is InChI=1S/C26H27Cl2N5O5S/c1-15-12-29-25(30-13-15)24(38-5)16(2)39(34,35)14-22-31-32-26(18-10-9-17(27)11-19(18)28)33(22)23-20(36-3)7-6-8-21(23)37-4/h6-13,16,24H,14H2,1-5H3/t16-,24-/m0/s1. The third kappa shape index (κ3) is 5.86. The molecule has 0 aliphatic rings. The van der Waals surface area contributed by atoms with Crippen LogP contribution in [0.15, 0.2) is 48.8 Å². The molecule has 0 saturated heterocycles. The number of benzene rings is 2. The summed E-state index contributed by atoms with van der Waals surface area (Å²) in [4.78, 5) is 8.54. The highest BCUT2D eigenvalue weighted by Gasteiger charge is 2.35. The molecule has 0 radical (unpaired) electrons. The van der Waals surface area contributed by atoms with Crippen molar-refractivity contribution in [2.75, 3.05) is 21.3 Å². The molecule has 2 atom stereocenters. The average Bonchev–Trinajstić information content (AvgIpc) is 3.31. The summed E-state index contributed by atoms with van der Waals surface area (Å²) < 4.78 is 45.9. The van der Waals surface area contributed by atoms with Gasteiger partial charge in [-0.25, -0.2) is 18.4 Å². The summed E-state index contributed by atoms with van der Waals surface area (Å²) in [7, 11) is 0.519. The second kappa shape index (κ2) is 11.9. The van der Waals surface area contributed by atoms with E-state index in [0.29, 0.717) is 32.8 Å². The third-order valence-electron chi connectivity index (χ3n) is 6.16. The molecule has 2 heterocycles. The van der Waals surface area contributed by atoms with Gasteiger partial charge in [0.1, 0.15) is 29.0 Å². The van der Waals surface area contributed by atoms with Crippen LogP contribution in [-0.4, -0.2) is 59.7 Å². The van der Waals surface area contributed by atoms with Gasteiger partial charge in [0.15, 0.2) is 27.3 Å². The quantitative estimate of drug-likeness (QED) is 0.249. The molecule has 4 aromatic rings. The zero-order valence-electron chi connectivity index (χ0n) is 21.9. The number of methoxy groups -OCH3 is 3. The molecule has 206 valence electrons. The minimum absolute atomic E-state index is 0.116. The second-order valence-electron chi connectivity index (χ2n) is 8.70. The van der Waals surface area contributed by atoms with E-state index in [1.165, 1.54) is 21.3 Å². The van der Waals surface area contributed by atoms with Crippen LogP contribution >= 0.6 is 23.2 Å². The second-order valence-corrected chi connectivity index (χ2v) is 11.9. The van der Waals surface area contributed by atoms with Gasteiger partial charge in [0.05, 0.1) is 24.5 Å². The highest BCUT2D eigenvalue weighted by molar-refractivity contribution is 7.91. The normalized spacial score (nSPS) is 13.2. The van der Waals surface area contributed by atoms with Crippen LogP contribution in [0, 0.1) is 6.92 Å². The first-order valence-electron chi connectivity index (χ1n) is 11.7. The van der Waals surface area contributed by atoms with Gasteiger partial charge in [-0.1, -0.05) is 29.3 Å². The summed E-state index contributed by atoms with van der Waals surface area (Å²) in [6.45, 7) is 3.39. The Balaban J connectivity index is 1.87. The van der Waals surface area contributed by atoms with Crippen LogP contribution < -0.4 is 9.47 Å². The lowest BCUT2D eigenvalue weighted by atomic mass is 10.2. The number of para-hydroxylation sites is 1. The van der Waals surface area contributed by atoms with Gasteiger partial charge in [-0.2, -0.15) is 0 Å². The molecule has 0 unspecified atom stereocenters. The maximum atomic E-state index is 13.8. The maximum Gasteiger partial charge on any atom is 0.170 e. The highest BCUT2D eigenvalue weighted by atomic mass is 35.5. The number of nitrogens with zero attached hydrogens (tertiary/aromatic N) is 5. The van der Waals surface area contributed by atoms with Crippen molar-refractivity contribution in [3.8, 4) is 28.6 Å². The van der Waals surface area contributed by atoms with Crippen molar-refractivity contribution in [1.82, 2.24) is 24.7 Å². The van der Waals surface area contributed by atoms with Crippen LogP contribution in [0.2, 0.25) is 10.0 Å². The van der Waals surface area contributed by atoms with E-state index in [2.05, 4.69) is 20.2 Å². The fourth-order valence-electron chi connectivity index (χ4n) is 4.10. The topological polar surface area (TPSA) is 118 Å². The van der Waals surface area contributed by atoms with Gasteiger partial charge in [0.2, 0.25) is 0 Å². The van der Waals surface area contributed by atoms with Gasteiger partial charge >= 0.3 is 0 Å². The minimum Gasteiger partial charge on any atom is -0.494 e. The number of halogens is 2. The van der Waals surface area contributed by atoms with Crippen LogP contribution in [0.5, 0.6) is 11.5 Å². The minimum atomic E-state index is -3.90. The zero-order valence-corrected chi connectivity index (χ0v) is 24.3. The Hall–Kier alpha value is -3.25. The van der Waals surface area contributed by atoms with Crippen molar-refractivity contribution < 1.29 is 22.6 Å². The Labute approximate surface area is 236 Å². The molecular weight excluding hydrogens is 565 g/mol. The van der Waals surface area contributed by atoms with Gasteiger partial charge < -0.3 is 14.2 Å². The number of sulfone groups is 1. The molecular formula is C26H27Cl2N5O5S. The first-order valence-corrected chi connectivity index (χ1v) is 14.2. The summed E-state index contributed by atoms with van der Waals surface area (Å²) in [5.41, 5.74) is 1.74. The van der Waals surface area contributed by atoms with E-state index < -0.39 is 26.9 Å². The lowest BCUT2D eigenvalue weighted by Gasteiger charge is -2.22. The molecule has 2 aromatic carbocycles. The van der Waals surface area contributed by atoms with E-state index in [1.807, 2.05) is 6.92 Å². The fourth-order valence-corrected chi connectivity index (χ4v) is 6.01. The first-order chi connectivity index (χ1) is 18.6. The van der Waals surface area contributed by atoms with Crippen LogP contribution in [0.1, 0.15) is 30.2 Å². The summed E-state index contributed by atoms with van der Waals surface area (Å²) in [6, 6.07) is 10.1.